The van der Waals surface area contributed by atoms with Gasteiger partial charge < -0.3 is 5.73 Å². The molecular formula is C18H15N9O2. The molecule has 0 aliphatic rings. The van der Waals surface area contributed by atoms with Crippen molar-refractivity contribution < 1.29 is 9.42 Å². The maximum Gasteiger partial charge on any atom is 0.294 e. The molecule has 0 aliphatic heterocycles. The van der Waals surface area contributed by atoms with Crippen LogP contribution in [0.15, 0.2) is 64.6 Å². The highest BCUT2D eigenvalue weighted by atomic mass is 16.6. The summed E-state index contributed by atoms with van der Waals surface area (Å²) in [5, 5.41) is 19.4. The number of hydrazone groups is 1. The summed E-state index contributed by atoms with van der Waals surface area (Å²) < 4.78 is 5.95. The normalized spacial score (nSPS) is 11.4. The average Bonchev–Trinajstić information content (AvgIpc) is 3.39. The first-order chi connectivity index (χ1) is 14.1. The molecule has 0 unspecified atom stereocenters. The number of carbonyl (C=O) groups excluding carboxylic acids is 1. The molecule has 11 nitrogen and oxygen atoms in total. The second-order valence-electron chi connectivity index (χ2n) is 5.91. The van der Waals surface area contributed by atoms with E-state index in [4.69, 9.17) is 5.73 Å². The molecule has 0 saturated carbocycles. The van der Waals surface area contributed by atoms with Crippen LogP contribution in [0.5, 0.6) is 0 Å². The number of anilines is 1. The third-order valence-corrected chi connectivity index (χ3v) is 4.05. The topological polar surface area (TPSA) is 150 Å². The SMILES string of the molecule is C/C(=N\NC(=O)c1nnn(-c2nonc2N)c1-c1ccccc1)c1ccncc1. The van der Waals surface area contributed by atoms with Crippen molar-refractivity contribution in [1.82, 2.24) is 35.7 Å². The van der Waals surface area contributed by atoms with E-state index in [0.29, 0.717) is 17.0 Å². The zero-order valence-corrected chi connectivity index (χ0v) is 15.2. The Balaban J connectivity index is 1.71. The van der Waals surface area contributed by atoms with E-state index in [1.165, 1.54) is 4.68 Å². The Bertz CT molecular complexity index is 1170. The van der Waals surface area contributed by atoms with Crippen molar-refractivity contribution >= 4 is 17.4 Å². The molecule has 0 atom stereocenters. The molecule has 3 heterocycles. The number of carbonyl (C=O) groups is 1. The third-order valence-electron chi connectivity index (χ3n) is 4.05. The molecule has 1 aromatic carbocycles. The second-order valence-corrected chi connectivity index (χ2v) is 5.91. The van der Waals surface area contributed by atoms with Gasteiger partial charge in [-0.25, -0.2) is 10.1 Å². The lowest BCUT2D eigenvalue weighted by atomic mass is 10.1. The molecule has 11 heteroatoms. The van der Waals surface area contributed by atoms with Crippen molar-refractivity contribution in [2.75, 3.05) is 5.73 Å². The van der Waals surface area contributed by atoms with Crippen molar-refractivity contribution in [3.8, 4) is 17.1 Å². The maximum absolute atomic E-state index is 12.8. The van der Waals surface area contributed by atoms with Gasteiger partial charge in [0.1, 0.15) is 5.69 Å². The summed E-state index contributed by atoms with van der Waals surface area (Å²) >= 11 is 0. The Morgan fingerprint density at radius 1 is 1.14 bits per heavy atom. The number of nitrogen functional groups attached to an aromatic ring is 1. The lowest BCUT2D eigenvalue weighted by Gasteiger charge is -2.06. The highest BCUT2D eigenvalue weighted by molar-refractivity contribution is 6.02. The van der Waals surface area contributed by atoms with Crippen LogP contribution >= 0.6 is 0 Å². The van der Waals surface area contributed by atoms with Crippen molar-refractivity contribution in [3.63, 3.8) is 0 Å². The van der Waals surface area contributed by atoms with Crippen LogP contribution in [0.1, 0.15) is 23.0 Å². The number of pyridine rings is 1. The Labute approximate surface area is 164 Å². The summed E-state index contributed by atoms with van der Waals surface area (Å²) in [4.78, 5) is 16.8. The van der Waals surface area contributed by atoms with Gasteiger partial charge in [0.25, 0.3) is 5.91 Å². The molecule has 4 aromatic rings. The van der Waals surface area contributed by atoms with Crippen LogP contribution < -0.4 is 11.2 Å². The van der Waals surface area contributed by atoms with Crippen LogP contribution in [-0.4, -0.2) is 41.9 Å². The number of amides is 1. The molecule has 0 aliphatic carbocycles. The Morgan fingerprint density at radius 3 is 2.59 bits per heavy atom. The van der Waals surface area contributed by atoms with Gasteiger partial charge in [0.2, 0.25) is 11.6 Å². The summed E-state index contributed by atoms with van der Waals surface area (Å²) in [6.07, 6.45) is 3.29. The first-order valence-electron chi connectivity index (χ1n) is 8.49. The van der Waals surface area contributed by atoms with Gasteiger partial charge in [0.05, 0.1) is 5.71 Å². The van der Waals surface area contributed by atoms with E-state index < -0.39 is 5.91 Å². The maximum atomic E-state index is 12.8. The lowest BCUT2D eigenvalue weighted by molar-refractivity contribution is 0.0950. The molecule has 3 N–H and O–H groups in total. The first-order valence-corrected chi connectivity index (χ1v) is 8.49. The van der Waals surface area contributed by atoms with E-state index in [1.54, 1.807) is 43.6 Å². The van der Waals surface area contributed by atoms with Gasteiger partial charge >= 0.3 is 0 Å². The van der Waals surface area contributed by atoms with E-state index in [9.17, 15) is 4.79 Å². The Kier molecular flexibility index (Phi) is 4.76. The van der Waals surface area contributed by atoms with Crippen LogP contribution in [0.4, 0.5) is 5.82 Å². The van der Waals surface area contributed by atoms with Gasteiger partial charge in [-0.05, 0) is 29.4 Å². The molecule has 29 heavy (non-hydrogen) atoms. The van der Waals surface area contributed by atoms with E-state index in [2.05, 4.69) is 40.8 Å². The Hall–Kier alpha value is -4.41. The number of nitrogens with one attached hydrogen (secondary N) is 1. The number of aromatic nitrogens is 6. The molecule has 4 rings (SSSR count). The monoisotopic (exact) mass is 389 g/mol. The molecule has 0 saturated heterocycles. The second kappa shape index (κ2) is 7.68. The predicted molar refractivity (Wildman–Crippen MR) is 103 cm³/mol. The molecule has 0 bridgehead atoms. The van der Waals surface area contributed by atoms with E-state index >= 15 is 0 Å². The quantitative estimate of drug-likeness (QED) is 0.384. The fraction of sp³-hybridized carbons (Fsp3) is 0.0556. The number of nitrogens with zero attached hydrogens (tertiary/aromatic N) is 7. The van der Waals surface area contributed by atoms with Crippen LogP contribution in [0, 0.1) is 0 Å². The largest absolute Gasteiger partial charge is 0.378 e. The van der Waals surface area contributed by atoms with Gasteiger partial charge in [-0.1, -0.05) is 35.5 Å². The zero-order chi connectivity index (χ0) is 20.2. The third kappa shape index (κ3) is 3.56. The van der Waals surface area contributed by atoms with Crippen LogP contribution in [0.3, 0.4) is 0 Å². The number of nitrogens with two attached hydrogens (primary N) is 1. The standard InChI is InChI=1S/C18H15N9O2/c1-11(12-7-9-20-10-8-12)21-23-18(28)14-15(13-5-3-2-4-6-13)27(26-22-14)17-16(19)24-29-25-17/h2-10H,1H3,(H2,19,24)(H,23,28)/b21-11+. The summed E-state index contributed by atoms with van der Waals surface area (Å²) in [7, 11) is 0. The average molecular weight is 389 g/mol. The predicted octanol–water partition coefficient (Wildman–Crippen LogP) is 1.45. The van der Waals surface area contributed by atoms with Crippen molar-refractivity contribution in [2.24, 2.45) is 5.10 Å². The number of rotatable bonds is 5. The van der Waals surface area contributed by atoms with E-state index in [1.807, 2.05) is 18.2 Å². The zero-order valence-electron chi connectivity index (χ0n) is 15.2. The fourth-order valence-corrected chi connectivity index (χ4v) is 2.62. The summed E-state index contributed by atoms with van der Waals surface area (Å²) in [6.45, 7) is 1.77. The van der Waals surface area contributed by atoms with Gasteiger partial charge in [0.15, 0.2) is 5.69 Å². The molecule has 0 fully saturated rings. The molecular weight excluding hydrogens is 374 g/mol. The number of hydrogen-bond donors (Lipinski definition) is 2. The molecule has 3 aromatic heterocycles. The van der Waals surface area contributed by atoms with Crippen molar-refractivity contribution in [1.29, 1.82) is 0 Å². The van der Waals surface area contributed by atoms with E-state index in [0.717, 1.165) is 5.56 Å². The first kappa shape index (κ1) is 18.0. The highest BCUT2D eigenvalue weighted by Gasteiger charge is 2.25. The summed E-state index contributed by atoms with van der Waals surface area (Å²) in [5.74, 6) is -0.393. The highest BCUT2D eigenvalue weighted by Crippen LogP contribution is 2.26. The lowest BCUT2D eigenvalue weighted by Crippen LogP contribution is -2.21. The molecule has 144 valence electrons. The Morgan fingerprint density at radius 2 is 1.90 bits per heavy atom. The molecule has 0 radical (unpaired) electrons. The van der Waals surface area contributed by atoms with Gasteiger partial charge in [0, 0.05) is 23.5 Å². The van der Waals surface area contributed by atoms with E-state index in [-0.39, 0.29) is 17.3 Å². The van der Waals surface area contributed by atoms with Crippen LogP contribution in [-0.2, 0) is 0 Å². The smallest absolute Gasteiger partial charge is 0.294 e. The van der Waals surface area contributed by atoms with Crippen molar-refractivity contribution in [2.45, 2.75) is 6.92 Å². The van der Waals surface area contributed by atoms with Gasteiger partial charge in [-0.2, -0.15) is 9.78 Å². The van der Waals surface area contributed by atoms with Gasteiger partial charge in [-0.3, -0.25) is 9.78 Å². The minimum Gasteiger partial charge on any atom is -0.378 e. The fourth-order valence-electron chi connectivity index (χ4n) is 2.62. The molecule has 0 spiro atoms. The van der Waals surface area contributed by atoms with Crippen LogP contribution in [0.25, 0.3) is 17.1 Å². The molecule has 1 amide bonds. The number of benzene rings is 1. The van der Waals surface area contributed by atoms with Crippen LogP contribution in [0.2, 0.25) is 0 Å². The minimum absolute atomic E-state index is 0.0191. The van der Waals surface area contributed by atoms with Gasteiger partial charge in [-0.15, -0.1) is 5.10 Å². The summed E-state index contributed by atoms with van der Waals surface area (Å²) in [5.41, 5.74) is 10.8. The minimum atomic E-state index is -0.543. The van der Waals surface area contributed by atoms with Crippen molar-refractivity contribution in [3.05, 3.63) is 66.1 Å². The number of hydrogen-bond acceptors (Lipinski definition) is 9. The summed E-state index contributed by atoms with van der Waals surface area (Å²) in [6, 6.07) is 12.7.